The van der Waals surface area contributed by atoms with Gasteiger partial charge in [0.2, 0.25) is 0 Å². The minimum atomic E-state index is -0.612. The fourth-order valence-corrected chi connectivity index (χ4v) is 1.88. The van der Waals surface area contributed by atoms with Crippen LogP contribution >= 0.6 is 0 Å². The number of hydrogen-bond donors (Lipinski definition) is 1. The molecule has 2 aromatic carbocycles. The van der Waals surface area contributed by atoms with Crippen LogP contribution in [0.3, 0.4) is 0 Å². The van der Waals surface area contributed by atoms with Crippen LogP contribution in [0.4, 0.5) is 5.69 Å². The molecule has 0 radical (unpaired) electrons. The molecule has 0 atom stereocenters. The van der Waals surface area contributed by atoms with E-state index in [1.807, 2.05) is 31.2 Å². The number of nitrogens with one attached hydrogen (secondary N) is 1. The molecular weight excluding hydrogens is 282 g/mol. The summed E-state index contributed by atoms with van der Waals surface area (Å²) in [6.45, 7) is 3.73. The lowest BCUT2D eigenvalue weighted by Gasteiger charge is -2.04. The van der Waals surface area contributed by atoms with Gasteiger partial charge in [-0.2, -0.15) is 5.10 Å². The van der Waals surface area contributed by atoms with Crippen LogP contribution in [0.2, 0.25) is 0 Å². The second kappa shape index (κ2) is 6.62. The van der Waals surface area contributed by atoms with Crippen molar-refractivity contribution in [2.75, 3.05) is 0 Å². The SMILES string of the molecule is C/C(=N/NC(=O)c1ccccc1[N+](=O)[O-])c1ccc(C)cc1. The van der Waals surface area contributed by atoms with Crippen LogP contribution in [0.1, 0.15) is 28.4 Å². The van der Waals surface area contributed by atoms with E-state index >= 15 is 0 Å². The van der Waals surface area contributed by atoms with Crippen molar-refractivity contribution >= 4 is 17.3 Å². The summed E-state index contributed by atoms with van der Waals surface area (Å²) in [4.78, 5) is 22.4. The van der Waals surface area contributed by atoms with Crippen molar-refractivity contribution in [2.24, 2.45) is 5.10 Å². The molecule has 0 aliphatic heterocycles. The van der Waals surface area contributed by atoms with Gasteiger partial charge in [-0.15, -0.1) is 0 Å². The number of benzene rings is 2. The van der Waals surface area contributed by atoms with Crippen molar-refractivity contribution in [1.82, 2.24) is 5.43 Å². The summed E-state index contributed by atoms with van der Waals surface area (Å²) in [5, 5.41) is 14.9. The van der Waals surface area contributed by atoms with E-state index < -0.39 is 10.8 Å². The topological polar surface area (TPSA) is 84.6 Å². The third kappa shape index (κ3) is 3.54. The Bertz CT molecular complexity index is 737. The lowest BCUT2D eigenvalue weighted by molar-refractivity contribution is -0.385. The van der Waals surface area contributed by atoms with E-state index in [4.69, 9.17) is 0 Å². The predicted molar refractivity (Wildman–Crippen MR) is 84.0 cm³/mol. The van der Waals surface area contributed by atoms with Crippen molar-refractivity contribution in [3.8, 4) is 0 Å². The minimum absolute atomic E-state index is 0.0204. The maximum Gasteiger partial charge on any atom is 0.282 e. The number of carbonyl (C=O) groups is 1. The van der Waals surface area contributed by atoms with Gasteiger partial charge in [-0.3, -0.25) is 14.9 Å². The number of nitro benzene ring substituents is 1. The lowest BCUT2D eigenvalue weighted by atomic mass is 10.1. The second-order valence-electron chi connectivity index (χ2n) is 4.78. The van der Waals surface area contributed by atoms with Gasteiger partial charge in [-0.25, -0.2) is 5.43 Å². The van der Waals surface area contributed by atoms with E-state index in [2.05, 4.69) is 10.5 Å². The molecule has 0 aliphatic carbocycles. The maximum absolute atomic E-state index is 12.0. The number of hydrazone groups is 1. The van der Waals surface area contributed by atoms with Crippen molar-refractivity contribution < 1.29 is 9.72 Å². The maximum atomic E-state index is 12.0. The van der Waals surface area contributed by atoms with Crippen LogP contribution in [0.25, 0.3) is 0 Å². The summed E-state index contributed by atoms with van der Waals surface area (Å²) in [5.41, 5.74) is 4.70. The summed E-state index contributed by atoms with van der Waals surface area (Å²) < 4.78 is 0. The third-order valence-corrected chi connectivity index (χ3v) is 3.14. The standard InChI is InChI=1S/C16H15N3O3/c1-11-7-9-13(10-8-11)12(2)17-18-16(20)14-5-3-4-6-15(14)19(21)22/h3-10H,1-2H3,(H,18,20)/b17-12-. The molecule has 0 aliphatic rings. The molecular formula is C16H15N3O3. The monoisotopic (exact) mass is 297 g/mol. The quantitative estimate of drug-likeness (QED) is 0.534. The van der Waals surface area contributed by atoms with Crippen molar-refractivity contribution in [3.05, 3.63) is 75.3 Å². The second-order valence-corrected chi connectivity index (χ2v) is 4.78. The Morgan fingerprint density at radius 2 is 1.77 bits per heavy atom. The van der Waals surface area contributed by atoms with Gasteiger partial charge in [-0.05, 0) is 25.5 Å². The first-order valence-corrected chi connectivity index (χ1v) is 6.64. The van der Waals surface area contributed by atoms with Gasteiger partial charge in [0, 0.05) is 6.07 Å². The number of hydrogen-bond acceptors (Lipinski definition) is 4. The Balaban J connectivity index is 2.17. The largest absolute Gasteiger partial charge is 0.282 e. The molecule has 0 aromatic heterocycles. The molecule has 2 aromatic rings. The highest BCUT2D eigenvalue weighted by molar-refractivity contribution is 6.02. The molecule has 112 valence electrons. The van der Waals surface area contributed by atoms with E-state index in [1.165, 1.54) is 18.2 Å². The van der Waals surface area contributed by atoms with Crippen LogP contribution in [0, 0.1) is 17.0 Å². The average molecular weight is 297 g/mol. The molecule has 2 rings (SSSR count). The molecule has 6 heteroatoms. The van der Waals surface area contributed by atoms with Crippen molar-refractivity contribution in [1.29, 1.82) is 0 Å². The van der Waals surface area contributed by atoms with Gasteiger partial charge in [0.25, 0.3) is 11.6 Å². The van der Waals surface area contributed by atoms with Crippen LogP contribution in [0.5, 0.6) is 0 Å². The molecule has 6 nitrogen and oxygen atoms in total. The summed E-state index contributed by atoms with van der Waals surface area (Å²) in [6.07, 6.45) is 0. The fourth-order valence-electron chi connectivity index (χ4n) is 1.88. The first-order chi connectivity index (χ1) is 10.5. The molecule has 1 N–H and O–H groups in total. The Kier molecular flexibility index (Phi) is 4.63. The van der Waals surface area contributed by atoms with Crippen LogP contribution in [-0.2, 0) is 0 Å². The molecule has 0 unspecified atom stereocenters. The number of amides is 1. The fraction of sp³-hybridized carbons (Fsp3) is 0.125. The van der Waals surface area contributed by atoms with Gasteiger partial charge in [0.05, 0.1) is 10.6 Å². The Labute approximate surface area is 127 Å². The highest BCUT2D eigenvalue weighted by atomic mass is 16.6. The van der Waals surface area contributed by atoms with Crippen molar-refractivity contribution in [2.45, 2.75) is 13.8 Å². The summed E-state index contributed by atoms with van der Waals surface area (Å²) in [5.74, 6) is -0.612. The highest BCUT2D eigenvalue weighted by Gasteiger charge is 2.18. The number of rotatable bonds is 4. The van der Waals surface area contributed by atoms with E-state index in [1.54, 1.807) is 13.0 Å². The zero-order chi connectivity index (χ0) is 16.1. The van der Waals surface area contributed by atoms with Gasteiger partial charge in [0.1, 0.15) is 5.56 Å². The zero-order valence-electron chi connectivity index (χ0n) is 12.2. The van der Waals surface area contributed by atoms with E-state index in [0.717, 1.165) is 11.1 Å². The number of nitrogens with zero attached hydrogens (tertiary/aromatic N) is 2. The molecule has 0 heterocycles. The summed E-state index contributed by atoms with van der Waals surface area (Å²) in [6, 6.07) is 13.4. The van der Waals surface area contributed by atoms with E-state index in [0.29, 0.717) is 5.71 Å². The summed E-state index contributed by atoms with van der Waals surface area (Å²) >= 11 is 0. The minimum Gasteiger partial charge on any atom is -0.267 e. The van der Waals surface area contributed by atoms with Crippen LogP contribution in [-0.4, -0.2) is 16.5 Å². The number of para-hydroxylation sites is 1. The molecule has 1 amide bonds. The van der Waals surface area contributed by atoms with Crippen LogP contribution < -0.4 is 5.43 Å². The predicted octanol–water partition coefficient (Wildman–Crippen LogP) is 3.06. The zero-order valence-corrected chi connectivity index (χ0v) is 12.2. The van der Waals surface area contributed by atoms with Crippen molar-refractivity contribution in [3.63, 3.8) is 0 Å². The summed E-state index contributed by atoms with van der Waals surface area (Å²) in [7, 11) is 0. The van der Waals surface area contributed by atoms with Crippen LogP contribution in [0.15, 0.2) is 53.6 Å². The third-order valence-electron chi connectivity index (χ3n) is 3.14. The average Bonchev–Trinajstić information content (AvgIpc) is 2.53. The van der Waals surface area contributed by atoms with Gasteiger partial charge < -0.3 is 0 Å². The Morgan fingerprint density at radius 3 is 2.41 bits per heavy atom. The molecule has 0 fully saturated rings. The van der Waals surface area contributed by atoms with E-state index in [-0.39, 0.29) is 11.3 Å². The lowest BCUT2D eigenvalue weighted by Crippen LogP contribution is -2.20. The molecule has 0 saturated heterocycles. The number of aryl methyl sites for hydroxylation is 1. The van der Waals surface area contributed by atoms with Gasteiger partial charge >= 0.3 is 0 Å². The molecule has 0 spiro atoms. The smallest absolute Gasteiger partial charge is 0.267 e. The highest BCUT2D eigenvalue weighted by Crippen LogP contribution is 2.17. The first-order valence-electron chi connectivity index (χ1n) is 6.64. The van der Waals surface area contributed by atoms with Gasteiger partial charge in [0.15, 0.2) is 0 Å². The number of carbonyl (C=O) groups excluding carboxylic acids is 1. The normalized spacial score (nSPS) is 11.1. The molecule has 0 bridgehead atoms. The molecule has 0 saturated carbocycles. The van der Waals surface area contributed by atoms with E-state index in [9.17, 15) is 14.9 Å². The first kappa shape index (κ1) is 15.4. The van der Waals surface area contributed by atoms with Gasteiger partial charge in [-0.1, -0.05) is 42.0 Å². The Hall–Kier alpha value is -3.02. The molecule has 22 heavy (non-hydrogen) atoms. The number of nitro groups is 1. The Morgan fingerprint density at radius 1 is 1.14 bits per heavy atom.